The molecular formula is C35H42ClN7O4. The Morgan fingerprint density at radius 3 is 2.62 bits per heavy atom. The molecule has 47 heavy (non-hydrogen) atoms. The average Bonchev–Trinajstić information content (AvgIpc) is 3.44. The van der Waals surface area contributed by atoms with E-state index in [1.165, 1.54) is 4.90 Å². The summed E-state index contributed by atoms with van der Waals surface area (Å²) in [6, 6.07) is 13.1. The fourth-order valence-electron chi connectivity index (χ4n) is 5.94. The molecule has 1 saturated heterocycles. The van der Waals surface area contributed by atoms with Crippen LogP contribution in [0.1, 0.15) is 52.5 Å². The van der Waals surface area contributed by atoms with Gasteiger partial charge in [0.25, 0.3) is 5.91 Å². The lowest BCUT2D eigenvalue weighted by atomic mass is 9.99. The van der Waals surface area contributed by atoms with E-state index < -0.39 is 11.8 Å². The van der Waals surface area contributed by atoms with Crippen molar-refractivity contribution in [2.75, 3.05) is 53.0 Å². The van der Waals surface area contributed by atoms with Gasteiger partial charge in [-0.25, -0.2) is 0 Å². The van der Waals surface area contributed by atoms with E-state index in [1.807, 2.05) is 36.0 Å². The molecule has 0 saturated carbocycles. The van der Waals surface area contributed by atoms with Gasteiger partial charge in [-0.2, -0.15) is 5.10 Å². The van der Waals surface area contributed by atoms with Gasteiger partial charge in [0.1, 0.15) is 0 Å². The van der Waals surface area contributed by atoms with E-state index in [1.54, 1.807) is 18.2 Å². The van der Waals surface area contributed by atoms with Gasteiger partial charge >= 0.3 is 11.8 Å². The average molecular weight is 660 g/mol. The first kappa shape index (κ1) is 34.1. The number of halogens is 1. The molecule has 1 aromatic heterocycles. The molecule has 11 nitrogen and oxygen atoms in total. The molecule has 5 rings (SSSR count). The summed E-state index contributed by atoms with van der Waals surface area (Å²) >= 11 is 6.59. The minimum Gasteiger partial charge on any atom is -0.379 e. The number of nitrogens with two attached hydrogens (primary N) is 1. The summed E-state index contributed by atoms with van der Waals surface area (Å²) in [4.78, 5) is 40.6. The van der Waals surface area contributed by atoms with E-state index in [0.29, 0.717) is 41.7 Å². The minimum atomic E-state index is -0.968. The Hall–Kier alpha value is -4.21. The van der Waals surface area contributed by atoms with Crippen molar-refractivity contribution in [2.24, 2.45) is 5.73 Å². The van der Waals surface area contributed by atoms with Gasteiger partial charge in [0.2, 0.25) is 0 Å². The number of hydrogen-bond donors (Lipinski definition) is 3. The number of benzene rings is 2. The Bertz CT molecular complexity index is 1660. The van der Waals surface area contributed by atoms with Crippen LogP contribution in [0.2, 0.25) is 5.02 Å². The summed E-state index contributed by atoms with van der Waals surface area (Å²) in [5.41, 5.74) is 10.8. The number of nitrogens with one attached hydrogen (secondary N) is 2. The van der Waals surface area contributed by atoms with Crippen LogP contribution >= 0.6 is 11.6 Å². The van der Waals surface area contributed by atoms with Crippen molar-refractivity contribution in [3.05, 3.63) is 75.4 Å². The molecular weight excluding hydrogens is 618 g/mol. The molecule has 3 heterocycles. The van der Waals surface area contributed by atoms with Gasteiger partial charge in [0.15, 0.2) is 0 Å². The smallest absolute Gasteiger partial charge is 0.311 e. The number of amides is 3. The highest BCUT2D eigenvalue weighted by molar-refractivity contribution is 6.34. The first-order valence-electron chi connectivity index (χ1n) is 16.1. The van der Waals surface area contributed by atoms with E-state index in [4.69, 9.17) is 27.2 Å². The Balaban J connectivity index is 1.36. The molecule has 2 aliphatic rings. The molecule has 1 fully saturated rings. The summed E-state index contributed by atoms with van der Waals surface area (Å²) in [6.07, 6.45) is 2.34. The third kappa shape index (κ3) is 8.58. The van der Waals surface area contributed by atoms with Gasteiger partial charge in [-0.3, -0.25) is 24.0 Å². The number of ether oxygens (including phenoxy) is 1. The van der Waals surface area contributed by atoms with Crippen molar-refractivity contribution in [2.45, 2.75) is 45.3 Å². The highest BCUT2D eigenvalue weighted by Gasteiger charge is 2.30. The molecule has 2 aliphatic heterocycles. The summed E-state index contributed by atoms with van der Waals surface area (Å²) < 4.78 is 7.62. The second-order valence-electron chi connectivity index (χ2n) is 11.9. The standard InChI is InChI=1S/C35H42ClN7O4/c1-24-23-47-20-19-41(24)16-4-17-43-31-13-18-42(35(46)33(37)44)22-29(31)32(40-43)28-11-12-30(36)27(21-28)10-7-25-5-8-26(9-6-25)34(45)39-15-3-14-38-2/h5-6,8-9,11-12,21,24,38H,3-4,13-20,22-23H2,1-2H3,(H2,37,44)(H,39,45)/t24-/m0/s1. The van der Waals surface area contributed by atoms with E-state index in [-0.39, 0.29) is 12.5 Å². The van der Waals surface area contributed by atoms with Crippen LogP contribution in [0.25, 0.3) is 11.3 Å². The topological polar surface area (TPSA) is 135 Å². The third-order valence-electron chi connectivity index (χ3n) is 8.57. The summed E-state index contributed by atoms with van der Waals surface area (Å²) in [5, 5.41) is 11.5. The molecule has 1 atom stereocenters. The Morgan fingerprint density at radius 2 is 1.87 bits per heavy atom. The fraction of sp³-hybridized carbons (Fsp3) is 0.429. The lowest BCUT2D eigenvalue weighted by molar-refractivity contribution is -0.144. The van der Waals surface area contributed by atoms with Crippen molar-refractivity contribution in [1.82, 2.24) is 30.2 Å². The molecule has 12 heteroatoms. The molecule has 0 radical (unpaired) electrons. The summed E-state index contributed by atoms with van der Waals surface area (Å²) in [6.45, 7) is 8.32. The van der Waals surface area contributed by atoms with Crippen LogP contribution in [0.15, 0.2) is 42.5 Å². The normalized spacial score (nSPS) is 16.2. The lowest BCUT2D eigenvalue weighted by Gasteiger charge is -2.33. The van der Waals surface area contributed by atoms with E-state index in [0.717, 1.165) is 80.3 Å². The van der Waals surface area contributed by atoms with Gasteiger partial charge in [-0.05, 0) is 69.8 Å². The number of rotatable bonds is 10. The predicted octanol–water partition coefficient (Wildman–Crippen LogP) is 2.42. The summed E-state index contributed by atoms with van der Waals surface area (Å²) in [5.74, 6) is 4.54. The molecule has 0 aliphatic carbocycles. The predicted molar refractivity (Wildman–Crippen MR) is 181 cm³/mol. The van der Waals surface area contributed by atoms with Crippen molar-refractivity contribution >= 4 is 29.3 Å². The number of aryl methyl sites for hydroxylation is 1. The van der Waals surface area contributed by atoms with Crippen LogP contribution in [0.3, 0.4) is 0 Å². The van der Waals surface area contributed by atoms with Crippen molar-refractivity contribution < 1.29 is 19.1 Å². The Labute approximate surface area is 280 Å². The second kappa shape index (κ2) is 16.1. The molecule has 4 N–H and O–H groups in total. The monoisotopic (exact) mass is 659 g/mol. The maximum Gasteiger partial charge on any atom is 0.311 e. The van der Waals surface area contributed by atoms with E-state index in [9.17, 15) is 14.4 Å². The van der Waals surface area contributed by atoms with E-state index in [2.05, 4.69) is 34.3 Å². The summed E-state index contributed by atoms with van der Waals surface area (Å²) in [7, 11) is 1.88. The zero-order valence-corrected chi connectivity index (χ0v) is 27.7. The molecule has 248 valence electrons. The first-order valence-corrected chi connectivity index (χ1v) is 16.5. The van der Waals surface area contributed by atoms with Crippen LogP contribution in [0, 0.1) is 11.8 Å². The van der Waals surface area contributed by atoms with Crippen molar-refractivity contribution in [1.29, 1.82) is 0 Å². The second-order valence-corrected chi connectivity index (χ2v) is 12.3. The zero-order chi connectivity index (χ0) is 33.3. The number of primary amides is 1. The number of nitrogens with zero attached hydrogens (tertiary/aromatic N) is 4. The number of fused-ring (bicyclic) bond motifs is 1. The van der Waals surface area contributed by atoms with Crippen LogP contribution in [0.4, 0.5) is 0 Å². The SMILES string of the molecule is CNCCCNC(=O)c1ccc(C#Cc2cc(-c3nn(CCCN4CCOC[C@@H]4C)c4c3CN(C(=O)C(N)=O)CC4)ccc2Cl)cc1. The van der Waals surface area contributed by atoms with Gasteiger partial charge in [-0.15, -0.1) is 0 Å². The number of carbonyl (C=O) groups is 3. The van der Waals surface area contributed by atoms with Crippen LogP contribution in [-0.4, -0.2) is 96.3 Å². The largest absolute Gasteiger partial charge is 0.379 e. The molecule has 0 bridgehead atoms. The fourth-order valence-corrected chi connectivity index (χ4v) is 6.10. The third-order valence-corrected chi connectivity index (χ3v) is 8.90. The number of morpholine rings is 1. The molecule has 3 amide bonds. The molecule has 0 unspecified atom stereocenters. The van der Waals surface area contributed by atoms with Gasteiger partial charge in [0.05, 0.1) is 30.5 Å². The maximum atomic E-state index is 12.5. The number of aromatic nitrogens is 2. The van der Waals surface area contributed by atoms with Gasteiger partial charge < -0.3 is 26.0 Å². The minimum absolute atomic E-state index is 0.120. The van der Waals surface area contributed by atoms with Gasteiger partial charge in [-0.1, -0.05) is 29.5 Å². The van der Waals surface area contributed by atoms with Crippen LogP contribution < -0.4 is 16.4 Å². The highest BCUT2D eigenvalue weighted by atomic mass is 35.5. The number of hydrogen-bond acceptors (Lipinski definition) is 7. The Morgan fingerprint density at radius 1 is 1.06 bits per heavy atom. The van der Waals surface area contributed by atoms with Crippen LogP contribution in [-0.2, 0) is 33.8 Å². The highest BCUT2D eigenvalue weighted by Crippen LogP contribution is 2.32. The van der Waals surface area contributed by atoms with Crippen LogP contribution in [0.5, 0.6) is 0 Å². The van der Waals surface area contributed by atoms with Gasteiger partial charge in [0, 0.05) is 78.7 Å². The lowest BCUT2D eigenvalue weighted by Crippen LogP contribution is -2.44. The number of carbonyl (C=O) groups excluding carboxylic acids is 3. The van der Waals surface area contributed by atoms with Crippen molar-refractivity contribution in [3.63, 3.8) is 0 Å². The zero-order valence-electron chi connectivity index (χ0n) is 27.0. The first-order chi connectivity index (χ1) is 22.7. The molecule has 0 spiro atoms. The quantitative estimate of drug-likeness (QED) is 0.173. The van der Waals surface area contributed by atoms with E-state index >= 15 is 0 Å². The van der Waals surface area contributed by atoms with Crippen molar-refractivity contribution in [3.8, 4) is 23.1 Å². The molecule has 3 aromatic rings. The maximum absolute atomic E-state index is 12.5. The Kier molecular flexibility index (Phi) is 11.7. The molecule has 2 aromatic carbocycles.